The standard InChI is InChI=1S/C12H12FN5O4S/c13-8-4-11(12(19)20)18(6-8)23(21,22)10-3-1-2-9(5-10)17-7-14-15-16-17/h1-3,5,7-8,11H,4,6H2,(H,19,20)/t8-,11-/m0/s1. The molecule has 1 aliphatic rings. The van der Waals surface area contributed by atoms with Crippen LogP contribution in [0.1, 0.15) is 6.42 Å². The van der Waals surface area contributed by atoms with Crippen molar-refractivity contribution in [2.24, 2.45) is 0 Å². The number of hydrogen-bond donors (Lipinski definition) is 1. The summed E-state index contributed by atoms with van der Waals surface area (Å²) in [7, 11) is -4.15. The van der Waals surface area contributed by atoms with Gasteiger partial charge in [-0.3, -0.25) is 4.79 Å². The normalized spacial score (nSPS) is 22.3. The molecule has 2 aromatic rings. The summed E-state index contributed by atoms with van der Waals surface area (Å²) in [6, 6.07) is 4.27. The first kappa shape index (κ1) is 15.5. The molecule has 1 fully saturated rings. The second-order valence-corrected chi connectivity index (χ2v) is 6.90. The van der Waals surface area contributed by atoms with Gasteiger partial charge < -0.3 is 5.11 Å². The Balaban J connectivity index is 2.00. The molecule has 2 heterocycles. The van der Waals surface area contributed by atoms with Crippen LogP contribution in [-0.2, 0) is 14.8 Å². The molecule has 23 heavy (non-hydrogen) atoms. The summed E-state index contributed by atoms with van der Waals surface area (Å²) in [5, 5.41) is 19.7. The maximum atomic E-state index is 13.5. The zero-order chi connectivity index (χ0) is 16.6. The summed E-state index contributed by atoms with van der Waals surface area (Å²) >= 11 is 0. The second kappa shape index (κ2) is 5.66. The molecule has 1 aliphatic heterocycles. The molecular formula is C12H12FN5O4S. The second-order valence-electron chi connectivity index (χ2n) is 5.01. The number of halogens is 1. The third-order valence-corrected chi connectivity index (χ3v) is 5.40. The van der Waals surface area contributed by atoms with Crippen molar-refractivity contribution in [2.75, 3.05) is 6.54 Å². The predicted molar refractivity (Wildman–Crippen MR) is 74.0 cm³/mol. The SMILES string of the molecule is O=C(O)[C@@H]1C[C@H](F)CN1S(=O)(=O)c1cccc(-n2cnnn2)c1. The third-order valence-electron chi connectivity index (χ3n) is 3.53. The molecule has 0 spiro atoms. The Morgan fingerprint density at radius 1 is 1.39 bits per heavy atom. The van der Waals surface area contributed by atoms with Gasteiger partial charge in [0, 0.05) is 13.0 Å². The number of aromatic nitrogens is 4. The molecule has 1 N–H and O–H groups in total. The van der Waals surface area contributed by atoms with E-state index in [1.807, 2.05) is 0 Å². The minimum absolute atomic E-state index is 0.147. The average molecular weight is 341 g/mol. The van der Waals surface area contributed by atoms with Crippen LogP contribution in [-0.4, -0.2) is 62.8 Å². The van der Waals surface area contributed by atoms with Crippen molar-refractivity contribution in [3.05, 3.63) is 30.6 Å². The van der Waals surface area contributed by atoms with Crippen LogP contribution in [0.2, 0.25) is 0 Å². The zero-order valence-electron chi connectivity index (χ0n) is 11.6. The highest BCUT2D eigenvalue weighted by molar-refractivity contribution is 7.89. The van der Waals surface area contributed by atoms with Gasteiger partial charge in [0.2, 0.25) is 10.0 Å². The monoisotopic (exact) mass is 341 g/mol. The summed E-state index contributed by atoms with van der Waals surface area (Å²) in [6.45, 7) is -0.478. The van der Waals surface area contributed by atoms with E-state index in [9.17, 15) is 17.6 Å². The van der Waals surface area contributed by atoms with Crippen LogP contribution in [0.4, 0.5) is 4.39 Å². The Bertz CT molecular complexity index is 826. The Kier molecular flexibility index (Phi) is 3.82. The van der Waals surface area contributed by atoms with Crippen molar-refractivity contribution >= 4 is 16.0 Å². The van der Waals surface area contributed by atoms with Crippen LogP contribution >= 0.6 is 0 Å². The molecule has 2 atom stereocenters. The van der Waals surface area contributed by atoms with Gasteiger partial charge in [0.25, 0.3) is 0 Å². The van der Waals surface area contributed by atoms with Crippen molar-refractivity contribution in [1.82, 2.24) is 24.5 Å². The van der Waals surface area contributed by atoms with Crippen LogP contribution in [0.15, 0.2) is 35.5 Å². The van der Waals surface area contributed by atoms with Crippen LogP contribution in [0.3, 0.4) is 0 Å². The Morgan fingerprint density at radius 3 is 2.83 bits per heavy atom. The van der Waals surface area contributed by atoms with Crippen molar-refractivity contribution in [2.45, 2.75) is 23.5 Å². The number of rotatable bonds is 4. The Labute approximate surface area is 130 Å². The van der Waals surface area contributed by atoms with E-state index in [0.717, 1.165) is 0 Å². The zero-order valence-corrected chi connectivity index (χ0v) is 12.5. The predicted octanol–water partition coefficient (Wildman–Crippen LogP) is -0.152. The fourth-order valence-electron chi connectivity index (χ4n) is 2.45. The molecule has 11 heteroatoms. The molecular weight excluding hydrogens is 329 g/mol. The number of carboxylic acids is 1. The van der Waals surface area contributed by atoms with E-state index in [-0.39, 0.29) is 11.3 Å². The average Bonchev–Trinajstić information content (AvgIpc) is 3.16. The van der Waals surface area contributed by atoms with Crippen LogP contribution in [0.25, 0.3) is 5.69 Å². The van der Waals surface area contributed by atoms with E-state index in [2.05, 4.69) is 15.5 Å². The maximum Gasteiger partial charge on any atom is 0.322 e. The largest absolute Gasteiger partial charge is 0.480 e. The number of tetrazole rings is 1. The molecule has 1 aromatic heterocycles. The molecule has 0 aliphatic carbocycles. The molecule has 122 valence electrons. The smallest absolute Gasteiger partial charge is 0.322 e. The quantitative estimate of drug-likeness (QED) is 0.821. The topological polar surface area (TPSA) is 118 Å². The molecule has 3 rings (SSSR count). The number of aliphatic carboxylic acids is 1. The number of carboxylic acid groups (broad SMARTS) is 1. The minimum atomic E-state index is -4.15. The van der Waals surface area contributed by atoms with Gasteiger partial charge in [-0.2, -0.15) is 4.31 Å². The van der Waals surface area contributed by atoms with Crippen LogP contribution < -0.4 is 0 Å². The fraction of sp³-hybridized carbons (Fsp3) is 0.333. The lowest BCUT2D eigenvalue weighted by Crippen LogP contribution is -2.40. The van der Waals surface area contributed by atoms with Crippen LogP contribution in [0, 0.1) is 0 Å². The number of carbonyl (C=O) groups is 1. The highest BCUT2D eigenvalue weighted by atomic mass is 32.2. The van der Waals surface area contributed by atoms with E-state index >= 15 is 0 Å². The summed E-state index contributed by atoms with van der Waals surface area (Å²) in [5.74, 6) is -1.37. The lowest BCUT2D eigenvalue weighted by molar-refractivity contribution is -0.140. The first-order chi connectivity index (χ1) is 10.9. The van der Waals surface area contributed by atoms with Gasteiger partial charge in [0.05, 0.1) is 10.6 Å². The van der Waals surface area contributed by atoms with Gasteiger partial charge in [0.15, 0.2) is 0 Å². The van der Waals surface area contributed by atoms with Gasteiger partial charge in [0.1, 0.15) is 18.5 Å². The van der Waals surface area contributed by atoms with Gasteiger partial charge in [-0.25, -0.2) is 17.5 Å². The van der Waals surface area contributed by atoms with E-state index in [4.69, 9.17) is 5.11 Å². The van der Waals surface area contributed by atoms with Gasteiger partial charge in [-0.05, 0) is 28.6 Å². The minimum Gasteiger partial charge on any atom is -0.480 e. The third kappa shape index (κ3) is 2.80. The van der Waals surface area contributed by atoms with E-state index in [1.54, 1.807) is 6.07 Å². The molecule has 1 aromatic carbocycles. The molecule has 0 unspecified atom stereocenters. The Hall–Kier alpha value is -2.40. The van der Waals surface area contributed by atoms with Gasteiger partial charge >= 0.3 is 5.97 Å². The summed E-state index contributed by atoms with van der Waals surface area (Å²) in [5.41, 5.74) is 0.388. The number of alkyl halides is 1. The van der Waals surface area contributed by atoms with Gasteiger partial charge in [-0.1, -0.05) is 6.07 Å². The summed E-state index contributed by atoms with van der Waals surface area (Å²) in [4.78, 5) is 11.0. The van der Waals surface area contributed by atoms with Crippen molar-refractivity contribution in [3.8, 4) is 5.69 Å². The van der Waals surface area contributed by atoms with E-state index in [0.29, 0.717) is 9.99 Å². The van der Waals surface area contributed by atoms with Crippen molar-refractivity contribution < 1.29 is 22.7 Å². The Morgan fingerprint density at radius 2 is 2.17 bits per heavy atom. The molecule has 0 amide bonds. The molecule has 1 saturated heterocycles. The summed E-state index contributed by atoms with van der Waals surface area (Å²) < 4.78 is 40.8. The molecule has 0 radical (unpaired) electrons. The highest BCUT2D eigenvalue weighted by Gasteiger charge is 2.44. The van der Waals surface area contributed by atoms with E-state index < -0.39 is 34.8 Å². The molecule has 0 bridgehead atoms. The number of benzene rings is 1. The first-order valence-electron chi connectivity index (χ1n) is 6.62. The fourth-order valence-corrected chi connectivity index (χ4v) is 4.11. The van der Waals surface area contributed by atoms with Gasteiger partial charge in [-0.15, -0.1) is 5.10 Å². The molecule has 0 saturated carbocycles. The number of hydrogen-bond acceptors (Lipinski definition) is 6. The van der Waals surface area contributed by atoms with Crippen molar-refractivity contribution in [1.29, 1.82) is 0 Å². The maximum absolute atomic E-state index is 13.5. The number of nitrogens with zero attached hydrogens (tertiary/aromatic N) is 5. The number of sulfonamides is 1. The summed E-state index contributed by atoms with van der Waals surface area (Å²) in [6.07, 6.45) is -0.575. The highest BCUT2D eigenvalue weighted by Crippen LogP contribution is 2.28. The first-order valence-corrected chi connectivity index (χ1v) is 8.06. The van der Waals surface area contributed by atoms with E-state index in [1.165, 1.54) is 29.2 Å². The van der Waals surface area contributed by atoms with Crippen LogP contribution in [0.5, 0.6) is 0 Å². The lowest BCUT2D eigenvalue weighted by Gasteiger charge is -2.20. The lowest BCUT2D eigenvalue weighted by atomic mass is 10.2. The van der Waals surface area contributed by atoms with Crippen molar-refractivity contribution in [3.63, 3.8) is 0 Å². The molecule has 9 nitrogen and oxygen atoms in total.